The number of rotatable bonds is 2. The van der Waals surface area contributed by atoms with Gasteiger partial charge in [0.05, 0.1) is 24.2 Å². The first-order chi connectivity index (χ1) is 13.7. The molecule has 5 rings (SSSR count). The van der Waals surface area contributed by atoms with E-state index in [4.69, 9.17) is 9.47 Å². The Morgan fingerprint density at radius 1 is 1.21 bits per heavy atom. The standard InChI is InChI=1S/C22H26N2O3S.ClH/c1-26-17-3-2-16-14-24(10-4-15(16)12-17)21(25)20-13-18-19(28-20)5-11-27-22(18)6-8-23-9-7-22;/h2-3,12-13,23H,4-11,14H2,1H3;1H. The molecule has 1 spiro atoms. The summed E-state index contributed by atoms with van der Waals surface area (Å²) in [5, 5.41) is 3.43. The van der Waals surface area contributed by atoms with E-state index in [0.717, 1.165) is 62.6 Å². The summed E-state index contributed by atoms with van der Waals surface area (Å²) in [5.74, 6) is 1.04. The predicted octanol–water partition coefficient (Wildman–Crippen LogP) is 3.53. The van der Waals surface area contributed by atoms with E-state index >= 15 is 0 Å². The van der Waals surface area contributed by atoms with Gasteiger partial charge in [0.25, 0.3) is 5.91 Å². The van der Waals surface area contributed by atoms with E-state index in [1.165, 1.54) is 21.6 Å². The first-order valence-electron chi connectivity index (χ1n) is 10.1. The van der Waals surface area contributed by atoms with Crippen LogP contribution < -0.4 is 10.1 Å². The van der Waals surface area contributed by atoms with Gasteiger partial charge in [0.15, 0.2) is 0 Å². The number of amides is 1. The van der Waals surface area contributed by atoms with Gasteiger partial charge in [-0.15, -0.1) is 23.7 Å². The van der Waals surface area contributed by atoms with Crippen molar-refractivity contribution < 1.29 is 14.3 Å². The summed E-state index contributed by atoms with van der Waals surface area (Å²) in [7, 11) is 1.69. The minimum absolute atomic E-state index is 0. The van der Waals surface area contributed by atoms with Crippen LogP contribution >= 0.6 is 23.7 Å². The van der Waals surface area contributed by atoms with Gasteiger partial charge in [-0.3, -0.25) is 4.79 Å². The first-order valence-corrected chi connectivity index (χ1v) is 10.9. The molecule has 1 aromatic heterocycles. The fourth-order valence-corrected chi connectivity index (χ4v) is 5.95. The normalized spacial score (nSPS) is 19.8. The van der Waals surface area contributed by atoms with Crippen molar-refractivity contribution in [3.05, 3.63) is 50.7 Å². The van der Waals surface area contributed by atoms with Crippen LogP contribution in [0.2, 0.25) is 0 Å². The molecule has 0 radical (unpaired) electrons. The summed E-state index contributed by atoms with van der Waals surface area (Å²) in [6.07, 6.45) is 3.78. The Morgan fingerprint density at radius 3 is 2.83 bits per heavy atom. The van der Waals surface area contributed by atoms with Crippen molar-refractivity contribution in [3.8, 4) is 5.75 Å². The molecule has 4 heterocycles. The van der Waals surface area contributed by atoms with Crippen LogP contribution in [0.3, 0.4) is 0 Å². The molecule has 2 aromatic rings. The molecule has 156 valence electrons. The molecule has 29 heavy (non-hydrogen) atoms. The number of halogens is 1. The highest BCUT2D eigenvalue weighted by molar-refractivity contribution is 7.14. The maximum absolute atomic E-state index is 13.3. The van der Waals surface area contributed by atoms with E-state index in [1.807, 2.05) is 11.0 Å². The van der Waals surface area contributed by atoms with Gasteiger partial charge in [0.2, 0.25) is 0 Å². The number of thiophene rings is 1. The molecular formula is C22H27ClN2O3S. The maximum Gasteiger partial charge on any atom is 0.264 e. The minimum atomic E-state index is -0.182. The van der Waals surface area contributed by atoms with Gasteiger partial charge in [-0.05, 0) is 67.2 Å². The molecule has 1 saturated heterocycles. The fraction of sp³-hybridized carbons (Fsp3) is 0.500. The topological polar surface area (TPSA) is 50.8 Å². The van der Waals surface area contributed by atoms with E-state index in [1.54, 1.807) is 18.4 Å². The van der Waals surface area contributed by atoms with Crippen LogP contribution in [0.5, 0.6) is 5.75 Å². The monoisotopic (exact) mass is 434 g/mol. The molecule has 1 aromatic carbocycles. The van der Waals surface area contributed by atoms with E-state index in [-0.39, 0.29) is 23.9 Å². The number of fused-ring (bicyclic) bond motifs is 3. The van der Waals surface area contributed by atoms with E-state index in [2.05, 4.69) is 23.5 Å². The predicted molar refractivity (Wildman–Crippen MR) is 116 cm³/mol. The van der Waals surface area contributed by atoms with Gasteiger partial charge in [0.1, 0.15) is 5.75 Å². The third kappa shape index (κ3) is 3.67. The number of carbonyl (C=O) groups is 1. The molecular weight excluding hydrogens is 408 g/mol. The molecule has 0 saturated carbocycles. The average Bonchev–Trinajstić information content (AvgIpc) is 3.19. The van der Waals surface area contributed by atoms with Gasteiger partial charge < -0.3 is 19.7 Å². The lowest BCUT2D eigenvalue weighted by Crippen LogP contribution is -2.44. The molecule has 1 N–H and O–H groups in total. The number of hydrogen-bond acceptors (Lipinski definition) is 5. The number of benzene rings is 1. The number of methoxy groups -OCH3 is 1. The quantitative estimate of drug-likeness (QED) is 0.785. The van der Waals surface area contributed by atoms with Crippen molar-refractivity contribution in [3.63, 3.8) is 0 Å². The van der Waals surface area contributed by atoms with Gasteiger partial charge in [-0.2, -0.15) is 0 Å². The SMILES string of the molecule is COc1ccc2c(c1)CCN(C(=O)c1cc3c(s1)CCOC31CCNCC1)C2.Cl. The molecule has 0 aliphatic carbocycles. The average molecular weight is 435 g/mol. The van der Waals surface area contributed by atoms with Gasteiger partial charge in [-0.25, -0.2) is 0 Å². The van der Waals surface area contributed by atoms with E-state index in [0.29, 0.717) is 6.54 Å². The van der Waals surface area contributed by atoms with Crippen LogP contribution in [0.1, 0.15) is 44.1 Å². The second-order valence-corrected chi connectivity index (χ2v) is 9.04. The van der Waals surface area contributed by atoms with Crippen molar-refractivity contribution >= 4 is 29.7 Å². The molecule has 1 fully saturated rings. The summed E-state index contributed by atoms with van der Waals surface area (Å²) in [5.41, 5.74) is 3.60. The summed E-state index contributed by atoms with van der Waals surface area (Å²) >= 11 is 1.68. The molecule has 3 aliphatic rings. The van der Waals surface area contributed by atoms with Crippen molar-refractivity contribution in [2.45, 2.75) is 37.8 Å². The van der Waals surface area contributed by atoms with E-state index < -0.39 is 0 Å². The molecule has 0 bridgehead atoms. The van der Waals surface area contributed by atoms with Gasteiger partial charge in [-0.1, -0.05) is 6.07 Å². The van der Waals surface area contributed by atoms with Crippen LogP contribution in [0.4, 0.5) is 0 Å². The summed E-state index contributed by atoms with van der Waals surface area (Å²) in [4.78, 5) is 17.5. The lowest BCUT2D eigenvalue weighted by atomic mass is 9.83. The van der Waals surface area contributed by atoms with Gasteiger partial charge >= 0.3 is 0 Å². The fourth-order valence-electron chi connectivity index (χ4n) is 4.75. The Morgan fingerprint density at radius 2 is 2.03 bits per heavy atom. The molecule has 7 heteroatoms. The summed E-state index contributed by atoms with van der Waals surface area (Å²) in [6.45, 7) is 4.15. The zero-order valence-corrected chi connectivity index (χ0v) is 18.3. The van der Waals surface area contributed by atoms with Crippen molar-refractivity contribution in [1.82, 2.24) is 10.2 Å². The smallest absolute Gasteiger partial charge is 0.264 e. The Balaban J connectivity index is 0.00000205. The number of carbonyl (C=O) groups excluding carboxylic acids is 1. The summed E-state index contributed by atoms with van der Waals surface area (Å²) in [6, 6.07) is 8.30. The minimum Gasteiger partial charge on any atom is -0.497 e. The first kappa shape index (κ1) is 20.7. The molecule has 5 nitrogen and oxygen atoms in total. The molecule has 1 amide bonds. The number of nitrogens with zero attached hydrogens (tertiary/aromatic N) is 1. The van der Waals surface area contributed by atoms with Gasteiger partial charge in [0, 0.05) is 24.4 Å². The van der Waals surface area contributed by atoms with Crippen LogP contribution in [-0.4, -0.2) is 44.2 Å². The zero-order valence-electron chi connectivity index (χ0n) is 16.7. The second-order valence-electron chi connectivity index (χ2n) is 7.90. The van der Waals surface area contributed by atoms with Crippen LogP contribution in [0.15, 0.2) is 24.3 Å². The third-order valence-electron chi connectivity index (χ3n) is 6.34. The van der Waals surface area contributed by atoms with Crippen molar-refractivity contribution in [2.75, 3.05) is 33.4 Å². The highest BCUT2D eigenvalue weighted by Crippen LogP contribution is 2.43. The van der Waals surface area contributed by atoms with Crippen LogP contribution in [0, 0.1) is 0 Å². The number of piperidine rings is 1. The lowest BCUT2D eigenvalue weighted by Gasteiger charge is -2.40. The number of ether oxygens (including phenoxy) is 2. The largest absolute Gasteiger partial charge is 0.497 e. The highest BCUT2D eigenvalue weighted by atomic mass is 35.5. The second kappa shape index (κ2) is 8.26. The summed E-state index contributed by atoms with van der Waals surface area (Å²) < 4.78 is 11.6. The number of hydrogen-bond donors (Lipinski definition) is 1. The third-order valence-corrected chi connectivity index (χ3v) is 7.53. The molecule has 3 aliphatic heterocycles. The number of nitrogens with one attached hydrogen (secondary N) is 1. The molecule has 0 atom stereocenters. The zero-order chi connectivity index (χ0) is 19.1. The Labute approximate surface area is 181 Å². The Bertz CT molecular complexity index is 907. The Hall–Kier alpha value is -1.60. The van der Waals surface area contributed by atoms with E-state index in [9.17, 15) is 4.79 Å². The maximum atomic E-state index is 13.3. The van der Waals surface area contributed by atoms with Crippen LogP contribution in [0.25, 0.3) is 0 Å². The van der Waals surface area contributed by atoms with Crippen molar-refractivity contribution in [2.24, 2.45) is 0 Å². The van der Waals surface area contributed by atoms with Crippen molar-refractivity contribution in [1.29, 1.82) is 0 Å². The Kier molecular flexibility index (Phi) is 5.89. The highest BCUT2D eigenvalue weighted by Gasteiger charge is 2.41. The van der Waals surface area contributed by atoms with Crippen LogP contribution in [-0.2, 0) is 29.7 Å². The molecule has 0 unspecified atom stereocenters. The lowest BCUT2D eigenvalue weighted by molar-refractivity contribution is -0.0792.